The normalized spacial score (nSPS) is 17.5. The van der Waals surface area contributed by atoms with E-state index in [-0.39, 0.29) is 18.5 Å². The predicted molar refractivity (Wildman–Crippen MR) is 134 cm³/mol. The van der Waals surface area contributed by atoms with Gasteiger partial charge in [0.25, 0.3) is 11.8 Å². The fraction of sp³-hybridized carbons (Fsp3) is 0.520. The van der Waals surface area contributed by atoms with E-state index in [1.807, 2.05) is 49.8 Å². The summed E-state index contributed by atoms with van der Waals surface area (Å²) in [6.45, 7) is 12.1. The summed E-state index contributed by atoms with van der Waals surface area (Å²) in [7, 11) is 0. The van der Waals surface area contributed by atoms with Gasteiger partial charge in [-0.2, -0.15) is 5.10 Å². The van der Waals surface area contributed by atoms with Crippen molar-refractivity contribution >= 4 is 23.5 Å². The number of nitrogens with one attached hydrogen (secondary N) is 3. The van der Waals surface area contributed by atoms with Crippen LogP contribution in [-0.2, 0) is 15.1 Å². The van der Waals surface area contributed by atoms with Crippen molar-refractivity contribution in [2.75, 3.05) is 18.4 Å². The summed E-state index contributed by atoms with van der Waals surface area (Å²) in [5, 5.41) is 13.2. The monoisotopic (exact) mass is 470 g/mol. The molecule has 0 radical (unpaired) electrons. The summed E-state index contributed by atoms with van der Waals surface area (Å²) in [6, 6.07) is 0. The maximum atomic E-state index is 13.5. The number of allylic oxidation sites excluding steroid dienone is 5. The fourth-order valence-electron chi connectivity index (χ4n) is 4.06. The summed E-state index contributed by atoms with van der Waals surface area (Å²) in [5.41, 5.74) is 5.70. The molecule has 1 atom stereocenters. The Balaban J connectivity index is 2.49. The highest BCUT2D eigenvalue weighted by Crippen LogP contribution is 2.31. The van der Waals surface area contributed by atoms with Crippen LogP contribution < -0.4 is 21.7 Å². The maximum absolute atomic E-state index is 13.5. The number of hydrogen-bond donors (Lipinski definition) is 4. The molecule has 9 nitrogen and oxygen atoms in total. The number of aromatic nitrogens is 2. The van der Waals surface area contributed by atoms with Gasteiger partial charge >= 0.3 is 0 Å². The minimum absolute atomic E-state index is 0.232. The molecule has 0 bridgehead atoms. The second-order valence-corrected chi connectivity index (χ2v) is 9.11. The number of carbonyl (C=O) groups excluding carboxylic acids is 3. The second-order valence-electron chi connectivity index (χ2n) is 9.11. The zero-order valence-corrected chi connectivity index (χ0v) is 21.1. The molecule has 186 valence electrons. The highest BCUT2D eigenvalue weighted by Gasteiger charge is 2.41. The van der Waals surface area contributed by atoms with E-state index in [4.69, 9.17) is 5.73 Å². The molecule has 2 rings (SSSR count). The van der Waals surface area contributed by atoms with Crippen LogP contribution in [0, 0.1) is 0 Å². The van der Waals surface area contributed by atoms with Gasteiger partial charge in [0.2, 0.25) is 5.91 Å². The molecule has 0 saturated heterocycles. The molecule has 3 amide bonds. The molecule has 2 heterocycles. The summed E-state index contributed by atoms with van der Waals surface area (Å²) in [6.07, 6.45) is 11.2. The molecule has 1 aromatic heterocycles. The zero-order valence-electron chi connectivity index (χ0n) is 21.1. The highest BCUT2D eigenvalue weighted by atomic mass is 16.2. The van der Waals surface area contributed by atoms with Crippen molar-refractivity contribution in [3.8, 4) is 0 Å². The number of rotatable bonds is 10. The van der Waals surface area contributed by atoms with E-state index in [1.54, 1.807) is 6.92 Å². The summed E-state index contributed by atoms with van der Waals surface area (Å²) < 4.78 is 1.81. The smallest absolute Gasteiger partial charge is 0.257 e. The quantitative estimate of drug-likeness (QED) is 0.391. The van der Waals surface area contributed by atoms with E-state index < -0.39 is 23.3 Å². The standard InChI is InChI=1S/C25H38N6O3/c1-7-10-18(8-2)12-11-17(4)25(9-3,23(34)28-16-20(26)32)30-22(33)19-15-29-31-21(19)27-14-13-24(31,5)6/h7,10-12,15,27H,8-9,13-14,16H2,1-6H3,(H2,26,32)(H,28,34)(H,30,33)/b10-7-,17-11+,18-12-. The fourth-order valence-corrected chi connectivity index (χ4v) is 4.06. The van der Waals surface area contributed by atoms with E-state index in [0.29, 0.717) is 23.5 Å². The number of amides is 3. The van der Waals surface area contributed by atoms with Crippen molar-refractivity contribution in [3.63, 3.8) is 0 Å². The molecule has 0 saturated carbocycles. The number of hydrogen-bond acceptors (Lipinski definition) is 5. The first kappa shape index (κ1) is 26.9. The number of anilines is 1. The molecule has 1 unspecified atom stereocenters. The molecule has 5 N–H and O–H groups in total. The average molecular weight is 471 g/mol. The van der Waals surface area contributed by atoms with Crippen molar-refractivity contribution in [1.29, 1.82) is 0 Å². The molecule has 1 aliphatic rings. The number of nitrogens with zero attached hydrogens (tertiary/aromatic N) is 2. The molecule has 0 fully saturated rings. The largest absolute Gasteiger partial charge is 0.370 e. The third kappa shape index (κ3) is 5.76. The van der Waals surface area contributed by atoms with Crippen LogP contribution >= 0.6 is 0 Å². The van der Waals surface area contributed by atoms with Crippen LogP contribution in [0.5, 0.6) is 0 Å². The molecule has 34 heavy (non-hydrogen) atoms. The minimum atomic E-state index is -1.38. The summed E-state index contributed by atoms with van der Waals surface area (Å²) in [5.74, 6) is -0.963. The Hall–Kier alpha value is -3.36. The van der Waals surface area contributed by atoms with Crippen LogP contribution in [0.25, 0.3) is 0 Å². The van der Waals surface area contributed by atoms with Crippen molar-refractivity contribution in [2.24, 2.45) is 5.73 Å². The first-order valence-corrected chi connectivity index (χ1v) is 11.7. The predicted octanol–water partition coefficient (Wildman–Crippen LogP) is 2.77. The highest BCUT2D eigenvalue weighted by molar-refractivity contribution is 6.04. The molecule has 0 aromatic carbocycles. The minimum Gasteiger partial charge on any atom is -0.370 e. The lowest BCUT2D eigenvalue weighted by Gasteiger charge is -2.34. The van der Waals surface area contributed by atoms with Gasteiger partial charge in [-0.3, -0.25) is 14.4 Å². The van der Waals surface area contributed by atoms with Crippen molar-refractivity contribution in [1.82, 2.24) is 20.4 Å². The first-order chi connectivity index (χ1) is 16.0. The third-order valence-corrected chi connectivity index (χ3v) is 6.29. The van der Waals surface area contributed by atoms with Crippen LogP contribution in [0.4, 0.5) is 5.82 Å². The van der Waals surface area contributed by atoms with Gasteiger partial charge in [-0.1, -0.05) is 38.2 Å². The summed E-state index contributed by atoms with van der Waals surface area (Å²) in [4.78, 5) is 38.1. The number of fused-ring (bicyclic) bond motifs is 1. The van der Waals surface area contributed by atoms with Crippen LogP contribution in [0.15, 0.2) is 41.6 Å². The van der Waals surface area contributed by atoms with Gasteiger partial charge in [-0.15, -0.1) is 0 Å². The average Bonchev–Trinajstić information content (AvgIpc) is 3.24. The van der Waals surface area contributed by atoms with Gasteiger partial charge in [-0.05, 0) is 58.1 Å². The van der Waals surface area contributed by atoms with Crippen LogP contribution in [0.1, 0.15) is 71.2 Å². The summed E-state index contributed by atoms with van der Waals surface area (Å²) >= 11 is 0. The molecule has 0 aliphatic carbocycles. The molecular formula is C25H38N6O3. The van der Waals surface area contributed by atoms with Gasteiger partial charge in [0.05, 0.1) is 18.3 Å². The maximum Gasteiger partial charge on any atom is 0.257 e. The van der Waals surface area contributed by atoms with E-state index >= 15 is 0 Å². The Morgan fingerprint density at radius 1 is 1.29 bits per heavy atom. The lowest BCUT2D eigenvalue weighted by Crippen LogP contribution is -2.60. The number of nitrogens with two attached hydrogens (primary N) is 1. The molecule has 1 aromatic rings. The third-order valence-electron chi connectivity index (χ3n) is 6.29. The van der Waals surface area contributed by atoms with Gasteiger partial charge < -0.3 is 21.7 Å². The van der Waals surface area contributed by atoms with Crippen molar-refractivity contribution < 1.29 is 14.4 Å². The van der Waals surface area contributed by atoms with Gasteiger partial charge in [0, 0.05) is 6.54 Å². The van der Waals surface area contributed by atoms with Crippen molar-refractivity contribution in [2.45, 2.75) is 71.9 Å². The molecule has 0 spiro atoms. The Labute approximate surface area is 201 Å². The Morgan fingerprint density at radius 2 is 2.00 bits per heavy atom. The van der Waals surface area contributed by atoms with E-state index in [9.17, 15) is 14.4 Å². The van der Waals surface area contributed by atoms with Crippen LogP contribution in [-0.4, -0.2) is 46.1 Å². The Kier molecular flexibility index (Phi) is 8.84. The van der Waals surface area contributed by atoms with E-state index in [2.05, 4.69) is 34.9 Å². The van der Waals surface area contributed by atoms with E-state index in [0.717, 1.165) is 18.4 Å². The van der Waals surface area contributed by atoms with Crippen molar-refractivity contribution in [3.05, 3.63) is 47.2 Å². The van der Waals surface area contributed by atoms with Gasteiger partial charge in [0.15, 0.2) is 0 Å². The molecule has 1 aliphatic heterocycles. The Bertz CT molecular complexity index is 1020. The first-order valence-electron chi connectivity index (χ1n) is 11.7. The number of primary amides is 1. The van der Waals surface area contributed by atoms with Gasteiger partial charge in [-0.25, -0.2) is 4.68 Å². The lowest BCUT2D eigenvalue weighted by molar-refractivity contribution is -0.128. The second kappa shape index (κ2) is 11.2. The molecular weight excluding hydrogens is 432 g/mol. The van der Waals surface area contributed by atoms with E-state index in [1.165, 1.54) is 6.20 Å². The molecule has 9 heteroatoms. The van der Waals surface area contributed by atoms with Gasteiger partial charge in [0.1, 0.15) is 16.9 Å². The lowest BCUT2D eigenvalue weighted by atomic mass is 9.85. The Morgan fingerprint density at radius 3 is 2.59 bits per heavy atom. The SMILES string of the molecule is C\C=C/C(=C\C=C(/C)C(CC)(NC(=O)c1cnn2c1NCCC2(C)C)C(=O)NCC(N)=O)CC. The van der Waals surface area contributed by atoms with Crippen LogP contribution in [0.3, 0.4) is 0 Å². The number of carbonyl (C=O) groups is 3. The van der Waals surface area contributed by atoms with Crippen LogP contribution in [0.2, 0.25) is 0 Å². The topological polar surface area (TPSA) is 131 Å². The zero-order chi connectivity index (χ0) is 25.5.